The minimum Gasteiger partial charge on any atom is -0.314 e. The molecule has 0 saturated heterocycles. The van der Waals surface area contributed by atoms with Gasteiger partial charge in [0.15, 0.2) is 9.84 Å². The molecule has 120 valence electrons. The van der Waals surface area contributed by atoms with Crippen LogP contribution in [-0.2, 0) is 20.0 Å². The smallest absolute Gasteiger partial charge is 0.238 e. The van der Waals surface area contributed by atoms with Gasteiger partial charge in [0.2, 0.25) is 5.91 Å². The van der Waals surface area contributed by atoms with Crippen molar-refractivity contribution in [2.75, 3.05) is 17.7 Å². The highest BCUT2D eigenvalue weighted by atomic mass is 32.2. The van der Waals surface area contributed by atoms with Crippen LogP contribution < -0.4 is 4.90 Å². The van der Waals surface area contributed by atoms with Crippen LogP contribution in [0.5, 0.6) is 0 Å². The Kier molecular flexibility index (Phi) is 3.56. The molecule has 23 heavy (non-hydrogen) atoms. The van der Waals surface area contributed by atoms with Crippen molar-refractivity contribution in [2.24, 2.45) is 0 Å². The number of sulfone groups is 1. The molecule has 0 N–H and O–H groups in total. The Hall–Kier alpha value is -2.14. The minimum absolute atomic E-state index is 0.183. The maximum Gasteiger partial charge on any atom is 0.238 e. The molecule has 1 aliphatic heterocycles. The van der Waals surface area contributed by atoms with E-state index >= 15 is 0 Å². The van der Waals surface area contributed by atoms with Gasteiger partial charge in [-0.05, 0) is 37.6 Å². The lowest BCUT2D eigenvalue weighted by Gasteiger charge is -2.23. The number of fused-ring (bicyclic) bond motifs is 1. The van der Waals surface area contributed by atoms with Crippen LogP contribution in [0.1, 0.15) is 18.1 Å². The van der Waals surface area contributed by atoms with E-state index in [1.165, 1.54) is 0 Å². The Morgan fingerprint density at radius 3 is 2.39 bits per heavy atom. The van der Waals surface area contributed by atoms with Crippen LogP contribution in [0.25, 0.3) is 0 Å². The van der Waals surface area contributed by atoms with Crippen molar-refractivity contribution in [3.05, 3.63) is 59.7 Å². The van der Waals surface area contributed by atoms with E-state index in [-0.39, 0.29) is 16.6 Å². The number of amides is 1. The summed E-state index contributed by atoms with van der Waals surface area (Å²) in [6, 6.07) is 14.0. The summed E-state index contributed by atoms with van der Waals surface area (Å²) in [6.45, 7) is 3.66. The molecule has 2 aromatic rings. The Morgan fingerprint density at radius 2 is 1.74 bits per heavy atom. The third-order valence-electron chi connectivity index (χ3n) is 4.47. The lowest BCUT2D eigenvalue weighted by molar-refractivity contribution is -0.121. The molecule has 0 bridgehead atoms. The summed E-state index contributed by atoms with van der Waals surface area (Å²) in [5.74, 6) is -0.415. The van der Waals surface area contributed by atoms with Gasteiger partial charge >= 0.3 is 0 Å². The highest BCUT2D eigenvalue weighted by Crippen LogP contribution is 2.43. The molecule has 3 rings (SSSR count). The molecular formula is C18H19NO3S. The number of hydrogen-bond donors (Lipinski definition) is 0. The van der Waals surface area contributed by atoms with Gasteiger partial charge in [0.1, 0.15) is 0 Å². The van der Waals surface area contributed by atoms with E-state index in [2.05, 4.69) is 0 Å². The SMILES string of the molecule is Cc1ccc2c(c1)[C@@](C)(CS(=O)(=O)c1ccccc1)C(=O)N2C. The zero-order valence-corrected chi connectivity index (χ0v) is 14.2. The summed E-state index contributed by atoms with van der Waals surface area (Å²) in [5, 5.41) is 0. The molecule has 1 atom stereocenters. The van der Waals surface area contributed by atoms with Crippen molar-refractivity contribution in [2.45, 2.75) is 24.2 Å². The number of carbonyl (C=O) groups excluding carboxylic acids is 1. The van der Waals surface area contributed by atoms with Crippen LogP contribution in [-0.4, -0.2) is 27.1 Å². The first-order chi connectivity index (χ1) is 10.8. The number of anilines is 1. The van der Waals surface area contributed by atoms with Gasteiger partial charge in [0.05, 0.1) is 16.1 Å². The van der Waals surface area contributed by atoms with Crippen LogP contribution >= 0.6 is 0 Å². The molecule has 0 aromatic heterocycles. The quantitative estimate of drug-likeness (QED) is 0.870. The Balaban J connectivity index is 2.10. The number of rotatable bonds is 3. The highest BCUT2D eigenvalue weighted by molar-refractivity contribution is 7.91. The van der Waals surface area contributed by atoms with Crippen LogP contribution in [0.3, 0.4) is 0 Å². The zero-order valence-electron chi connectivity index (χ0n) is 13.4. The monoisotopic (exact) mass is 329 g/mol. The molecule has 0 aliphatic carbocycles. The summed E-state index contributed by atoms with van der Waals surface area (Å²) >= 11 is 0. The van der Waals surface area contributed by atoms with Crippen molar-refractivity contribution in [3.63, 3.8) is 0 Å². The lowest BCUT2D eigenvalue weighted by atomic mass is 9.85. The van der Waals surface area contributed by atoms with Crippen molar-refractivity contribution in [1.29, 1.82) is 0 Å². The topological polar surface area (TPSA) is 54.5 Å². The Labute approximate surface area is 136 Å². The fraction of sp³-hybridized carbons (Fsp3) is 0.278. The van der Waals surface area contributed by atoms with Crippen molar-refractivity contribution < 1.29 is 13.2 Å². The predicted molar refractivity (Wildman–Crippen MR) is 90.4 cm³/mol. The fourth-order valence-corrected chi connectivity index (χ4v) is 4.99. The van der Waals surface area contributed by atoms with Gasteiger partial charge < -0.3 is 4.90 Å². The van der Waals surface area contributed by atoms with Crippen LogP contribution in [0, 0.1) is 6.92 Å². The molecule has 1 aliphatic rings. The van der Waals surface area contributed by atoms with E-state index in [9.17, 15) is 13.2 Å². The van der Waals surface area contributed by atoms with E-state index in [1.807, 2.05) is 25.1 Å². The first kappa shape index (κ1) is 15.7. The molecular weight excluding hydrogens is 310 g/mol. The third kappa shape index (κ3) is 2.45. The second-order valence-electron chi connectivity index (χ2n) is 6.29. The number of likely N-dealkylation sites (N-methyl/N-ethyl adjacent to an activating group) is 1. The summed E-state index contributed by atoms with van der Waals surface area (Å²) in [4.78, 5) is 14.6. The second-order valence-corrected chi connectivity index (χ2v) is 8.28. The van der Waals surface area contributed by atoms with E-state index in [1.54, 1.807) is 49.2 Å². The lowest BCUT2D eigenvalue weighted by Crippen LogP contribution is -2.41. The standard InChI is InChI=1S/C18H19NO3S/c1-13-9-10-16-15(11-13)18(2,17(20)19(16)3)12-23(21,22)14-7-5-4-6-8-14/h4-11H,12H2,1-3H3/t18-/m1/s1. The molecule has 0 radical (unpaired) electrons. The molecule has 4 nitrogen and oxygen atoms in total. The Bertz CT molecular complexity index is 874. The number of aryl methyl sites for hydroxylation is 1. The highest BCUT2D eigenvalue weighted by Gasteiger charge is 2.48. The number of carbonyl (C=O) groups is 1. The van der Waals surface area contributed by atoms with Crippen LogP contribution in [0.2, 0.25) is 0 Å². The van der Waals surface area contributed by atoms with E-state index < -0.39 is 15.3 Å². The molecule has 0 spiro atoms. The van der Waals surface area contributed by atoms with Gasteiger partial charge in [-0.2, -0.15) is 0 Å². The molecule has 1 amide bonds. The van der Waals surface area contributed by atoms with Gasteiger partial charge in [0, 0.05) is 12.7 Å². The van der Waals surface area contributed by atoms with Gasteiger partial charge in [-0.25, -0.2) is 8.42 Å². The van der Waals surface area contributed by atoms with Crippen LogP contribution in [0.4, 0.5) is 5.69 Å². The molecule has 0 fully saturated rings. The molecule has 1 heterocycles. The largest absolute Gasteiger partial charge is 0.314 e. The number of nitrogens with zero attached hydrogens (tertiary/aromatic N) is 1. The predicted octanol–water partition coefficient (Wildman–Crippen LogP) is 2.70. The zero-order chi connectivity index (χ0) is 16.8. The molecule has 0 saturated carbocycles. The molecule has 2 aromatic carbocycles. The normalized spacial score (nSPS) is 20.7. The van der Waals surface area contributed by atoms with E-state index in [0.717, 1.165) is 16.8 Å². The molecule has 5 heteroatoms. The maximum atomic E-state index is 12.8. The van der Waals surface area contributed by atoms with Crippen LogP contribution in [0.15, 0.2) is 53.4 Å². The fourth-order valence-electron chi connectivity index (χ4n) is 3.21. The van der Waals surface area contributed by atoms with E-state index in [4.69, 9.17) is 0 Å². The van der Waals surface area contributed by atoms with Gasteiger partial charge in [0.25, 0.3) is 0 Å². The maximum absolute atomic E-state index is 12.8. The van der Waals surface area contributed by atoms with Gasteiger partial charge in [-0.1, -0.05) is 35.9 Å². The summed E-state index contributed by atoms with van der Waals surface area (Å²) < 4.78 is 25.5. The van der Waals surface area contributed by atoms with Gasteiger partial charge in [-0.15, -0.1) is 0 Å². The van der Waals surface area contributed by atoms with E-state index in [0.29, 0.717) is 0 Å². The van der Waals surface area contributed by atoms with Crippen molar-refractivity contribution >= 4 is 21.4 Å². The van der Waals surface area contributed by atoms with Gasteiger partial charge in [-0.3, -0.25) is 4.79 Å². The third-order valence-corrected chi connectivity index (χ3v) is 6.41. The average molecular weight is 329 g/mol. The first-order valence-electron chi connectivity index (χ1n) is 7.43. The summed E-state index contributed by atoms with van der Waals surface area (Å²) in [5.41, 5.74) is 1.51. The first-order valence-corrected chi connectivity index (χ1v) is 9.08. The number of benzene rings is 2. The van der Waals surface area contributed by atoms with Crippen molar-refractivity contribution in [1.82, 2.24) is 0 Å². The minimum atomic E-state index is -3.56. The summed E-state index contributed by atoms with van der Waals surface area (Å²) in [6.07, 6.45) is 0. The number of hydrogen-bond acceptors (Lipinski definition) is 3. The summed E-state index contributed by atoms with van der Waals surface area (Å²) in [7, 11) is -1.87. The van der Waals surface area contributed by atoms with Crippen molar-refractivity contribution in [3.8, 4) is 0 Å². The Morgan fingerprint density at radius 1 is 1.09 bits per heavy atom. The molecule has 0 unspecified atom stereocenters. The second kappa shape index (κ2) is 5.20. The average Bonchev–Trinajstić information content (AvgIpc) is 2.69.